The molecule has 1 saturated carbocycles. The van der Waals surface area contributed by atoms with E-state index >= 15 is 0 Å². The van der Waals surface area contributed by atoms with Gasteiger partial charge in [-0.05, 0) is 19.8 Å². The molecule has 1 fully saturated rings. The van der Waals surface area contributed by atoms with Crippen LogP contribution in [0.4, 0.5) is 0 Å². The molecule has 0 radical (unpaired) electrons. The number of rotatable bonds is 6. The standard InChI is InChI=1S/C13H20N2O3S/c1-2-17-13(16)8-12-14-11(15-18-12)9-19-10-6-4-3-5-7-10/h10H,2-9H2,1H3. The first-order valence-corrected chi connectivity index (χ1v) is 7.91. The summed E-state index contributed by atoms with van der Waals surface area (Å²) in [5.41, 5.74) is 0. The minimum absolute atomic E-state index is 0.0644. The van der Waals surface area contributed by atoms with Gasteiger partial charge in [-0.25, -0.2) is 0 Å². The second-order valence-electron chi connectivity index (χ2n) is 4.66. The molecular formula is C13H20N2O3S. The predicted molar refractivity (Wildman–Crippen MR) is 72.8 cm³/mol. The molecule has 0 amide bonds. The van der Waals surface area contributed by atoms with Crippen LogP contribution in [0.3, 0.4) is 0 Å². The highest BCUT2D eigenvalue weighted by Crippen LogP contribution is 2.29. The van der Waals surface area contributed by atoms with Gasteiger partial charge in [0, 0.05) is 5.25 Å². The van der Waals surface area contributed by atoms with E-state index in [1.165, 1.54) is 32.1 Å². The van der Waals surface area contributed by atoms with E-state index in [0.29, 0.717) is 18.3 Å². The molecule has 106 valence electrons. The molecule has 1 heterocycles. The molecule has 5 nitrogen and oxygen atoms in total. The largest absolute Gasteiger partial charge is 0.466 e. The maximum Gasteiger partial charge on any atom is 0.315 e. The molecule has 0 bridgehead atoms. The summed E-state index contributed by atoms with van der Waals surface area (Å²) in [6.07, 6.45) is 6.67. The summed E-state index contributed by atoms with van der Waals surface area (Å²) in [5.74, 6) is 1.46. The van der Waals surface area contributed by atoms with Crippen LogP contribution in [0, 0.1) is 0 Å². The zero-order chi connectivity index (χ0) is 13.5. The average molecular weight is 284 g/mol. The van der Waals surface area contributed by atoms with E-state index in [-0.39, 0.29) is 12.4 Å². The number of carbonyl (C=O) groups is 1. The molecule has 0 unspecified atom stereocenters. The Bertz CT molecular complexity index is 402. The molecule has 0 aliphatic heterocycles. The molecule has 0 spiro atoms. The van der Waals surface area contributed by atoms with Crippen molar-refractivity contribution >= 4 is 17.7 Å². The van der Waals surface area contributed by atoms with E-state index in [2.05, 4.69) is 10.1 Å². The fourth-order valence-corrected chi connectivity index (χ4v) is 3.35. The van der Waals surface area contributed by atoms with Gasteiger partial charge < -0.3 is 9.26 Å². The van der Waals surface area contributed by atoms with Crippen LogP contribution >= 0.6 is 11.8 Å². The quantitative estimate of drug-likeness (QED) is 0.748. The molecule has 0 saturated heterocycles. The van der Waals surface area contributed by atoms with Crippen molar-refractivity contribution in [2.45, 2.75) is 56.5 Å². The third-order valence-corrected chi connectivity index (χ3v) is 4.48. The van der Waals surface area contributed by atoms with Crippen molar-refractivity contribution in [3.05, 3.63) is 11.7 Å². The van der Waals surface area contributed by atoms with Crippen molar-refractivity contribution in [3.8, 4) is 0 Å². The van der Waals surface area contributed by atoms with Crippen LogP contribution in [0.2, 0.25) is 0 Å². The molecule has 1 aromatic rings. The SMILES string of the molecule is CCOC(=O)Cc1nc(CSC2CCCCC2)no1. The number of thioether (sulfide) groups is 1. The lowest BCUT2D eigenvalue weighted by atomic mass is 10.0. The van der Waals surface area contributed by atoms with Gasteiger partial charge in [-0.1, -0.05) is 24.4 Å². The number of aromatic nitrogens is 2. The van der Waals surface area contributed by atoms with Crippen molar-refractivity contribution in [1.29, 1.82) is 0 Å². The maximum absolute atomic E-state index is 11.3. The molecule has 1 aliphatic carbocycles. The highest BCUT2D eigenvalue weighted by atomic mass is 32.2. The summed E-state index contributed by atoms with van der Waals surface area (Å²) >= 11 is 1.89. The van der Waals surface area contributed by atoms with Gasteiger partial charge in [0.15, 0.2) is 5.82 Å². The molecule has 0 atom stereocenters. The number of carbonyl (C=O) groups excluding carboxylic acids is 1. The molecular weight excluding hydrogens is 264 g/mol. The van der Waals surface area contributed by atoms with Crippen LogP contribution in [0.25, 0.3) is 0 Å². The van der Waals surface area contributed by atoms with Gasteiger partial charge in [-0.3, -0.25) is 4.79 Å². The summed E-state index contributed by atoms with van der Waals surface area (Å²) in [6.45, 7) is 2.15. The highest BCUT2D eigenvalue weighted by molar-refractivity contribution is 7.99. The second kappa shape index (κ2) is 7.53. The molecule has 0 aromatic carbocycles. The zero-order valence-corrected chi connectivity index (χ0v) is 12.1. The first kappa shape index (κ1) is 14.4. The van der Waals surface area contributed by atoms with Crippen LogP contribution in [0.5, 0.6) is 0 Å². The third-order valence-electron chi connectivity index (χ3n) is 3.11. The van der Waals surface area contributed by atoms with Crippen molar-refractivity contribution in [2.75, 3.05) is 6.61 Å². The lowest BCUT2D eigenvalue weighted by molar-refractivity contribution is -0.142. The van der Waals surface area contributed by atoms with Crippen LogP contribution in [-0.4, -0.2) is 28.0 Å². The van der Waals surface area contributed by atoms with Gasteiger partial charge >= 0.3 is 5.97 Å². The smallest absolute Gasteiger partial charge is 0.315 e. The molecule has 1 aromatic heterocycles. The summed E-state index contributed by atoms with van der Waals surface area (Å²) < 4.78 is 9.88. The van der Waals surface area contributed by atoms with Crippen molar-refractivity contribution in [2.24, 2.45) is 0 Å². The number of nitrogens with zero attached hydrogens (tertiary/aromatic N) is 2. The maximum atomic E-state index is 11.3. The van der Waals surface area contributed by atoms with Gasteiger partial charge in [-0.15, -0.1) is 0 Å². The fourth-order valence-electron chi connectivity index (χ4n) is 2.18. The summed E-state index contributed by atoms with van der Waals surface area (Å²) in [4.78, 5) is 15.5. The Kier molecular flexibility index (Phi) is 5.69. The minimum atomic E-state index is -0.322. The summed E-state index contributed by atoms with van der Waals surface area (Å²) in [6, 6.07) is 0. The lowest BCUT2D eigenvalue weighted by Crippen LogP contribution is -2.09. The van der Waals surface area contributed by atoms with Gasteiger partial charge in [0.2, 0.25) is 5.89 Å². The van der Waals surface area contributed by atoms with Crippen LogP contribution in [0.15, 0.2) is 4.52 Å². The highest BCUT2D eigenvalue weighted by Gasteiger charge is 2.16. The number of hydrogen-bond acceptors (Lipinski definition) is 6. The Hall–Kier alpha value is -1.04. The number of esters is 1. The van der Waals surface area contributed by atoms with Crippen molar-refractivity contribution in [3.63, 3.8) is 0 Å². The Balaban J connectivity index is 1.75. The Morgan fingerprint density at radius 2 is 2.21 bits per heavy atom. The predicted octanol–water partition coefficient (Wildman–Crippen LogP) is 2.74. The molecule has 2 rings (SSSR count). The molecule has 1 aliphatic rings. The Morgan fingerprint density at radius 1 is 1.42 bits per heavy atom. The lowest BCUT2D eigenvalue weighted by Gasteiger charge is -2.19. The Labute approximate surface area is 117 Å². The van der Waals surface area contributed by atoms with Crippen molar-refractivity contribution < 1.29 is 14.1 Å². The van der Waals surface area contributed by atoms with E-state index in [1.54, 1.807) is 6.92 Å². The van der Waals surface area contributed by atoms with Crippen LogP contribution in [-0.2, 0) is 21.7 Å². The van der Waals surface area contributed by atoms with E-state index in [4.69, 9.17) is 9.26 Å². The van der Waals surface area contributed by atoms with E-state index < -0.39 is 0 Å². The topological polar surface area (TPSA) is 65.2 Å². The monoisotopic (exact) mass is 284 g/mol. The zero-order valence-electron chi connectivity index (χ0n) is 11.3. The van der Waals surface area contributed by atoms with Gasteiger partial charge in [0.05, 0.1) is 12.4 Å². The Morgan fingerprint density at radius 3 is 2.95 bits per heavy atom. The van der Waals surface area contributed by atoms with Crippen molar-refractivity contribution in [1.82, 2.24) is 10.1 Å². The summed E-state index contributed by atoms with van der Waals surface area (Å²) in [7, 11) is 0. The van der Waals surface area contributed by atoms with Gasteiger partial charge in [-0.2, -0.15) is 16.7 Å². The third kappa shape index (κ3) is 4.86. The summed E-state index contributed by atoms with van der Waals surface area (Å²) in [5, 5.41) is 4.62. The van der Waals surface area contributed by atoms with E-state index in [9.17, 15) is 4.79 Å². The number of hydrogen-bond donors (Lipinski definition) is 0. The van der Waals surface area contributed by atoms with Crippen LogP contribution in [0.1, 0.15) is 50.7 Å². The van der Waals surface area contributed by atoms with E-state index in [0.717, 1.165) is 11.0 Å². The molecule has 6 heteroatoms. The van der Waals surface area contributed by atoms with E-state index in [1.807, 2.05) is 11.8 Å². The fraction of sp³-hybridized carbons (Fsp3) is 0.769. The van der Waals surface area contributed by atoms with Gasteiger partial charge in [0.1, 0.15) is 6.42 Å². The van der Waals surface area contributed by atoms with Gasteiger partial charge in [0.25, 0.3) is 0 Å². The first-order chi connectivity index (χ1) is 9.28. The van der Waals surface area contributed by atoms with Crippen LogP contribution < -0.4 is 0 Å². The normalized spacial score (nSPS) is 16.5. The first-order valence-electron chi connectivity index (χ1n) is 6.86. The minimum Gasteiger partial charge on any atom is -0.466 e. The average Bonchev–Trinajstić information content (AvgIpc) is 2.85. The molecule has 0 N–H and O–H groups in total. The second-order valence-corrected chi connectivity index (χ2v) is 5.95. The molecule has 19 heavy (non-hydrogen) atoms. The number of ether oxygens (including phenoxy) is 1.